The van der Waals surface area contributed by atoms with Crippen molar-refractivity contribution in [3.05, 3.63) is 0 Å². The summed E-state index contributed by atoms with van der Waals surface area (Å²) in [4.78, 5) is 17.5. The minimum absolute atomic E-state index is 0.0119. The van der Waals surface area contributed by atoms with Gasteiger partial charge in [-0.15, -0.1) is 0 Å². The van der Waals surface area contributed by atoms with E-state index in [2.05, 4.69) is 42.8 Å². The zero-order valence-electron chi connectivity index (χ0n) is 14.8. The highest BCUT2D eigenvalue weighted by atomic mass is 16.5. The van der Waals surface area contributed by atoms with Gasteiger partial charge in [0.2, 0.25) is 5.91 Å². The molecule has 0 aliphatic carbocycles. The largest absolute Gasteiger partial charge is 0.373 e. The molecule has 4 atom stereocenters. The zero-order chi connectivity index (χ0) is 16.3. The summed E-state index contributed by atoms with van der Waals surface area (Å²) < 4.78 is 5.83. The highest BCUT2D eigenvalue weighted by Crippen LogP contribution is 2.23. The summed E-state index contributed by atoms with van der Waals surface area (Å²) in [5.41, 5.74) is 0. The van der Waals surface area contributed by atoms with Crippen LogP contribution in [-0.2, 0) is 9.53 Å². The Kier molecular flexibility index (Phi) is 6.24. The minimum Gasteiger partial charge on any atom is -0.373 e. The Bertz CT molecular complexity index is 365. The molecule has 1 N–H and O–H groups in total. The van der Waals surface area contributed by atoms with E-state index in [1.165, 1.54) is 0 Å². The van der Waals surface area contributed by atoms with Crippen LogP contribution in [0.5, 0.6) is 0 Å². The summed E-state index contributed by atoms with van der Waals surface area (Å²) in [5, 5.41) is 3.23. The van der Waals surface area contributed by atoms with Gasteiger partial charge in [0.15, 0.2) is 0 Å². The predicted molar refractivity (Wildman–Crippen MR) is 88.8 cm³/mol. The first-order valence-corrected chi connectivity index (χ1v) is 8.75. The molecule has 0 aromatic heterocycles. The average Bonchev–Trinajstić information content (AvgIpc) is 2.86. The lowest BCUT2D eigenvalue weighted by Crippen LogP contribution is -2.57. The van der Waals surface area contributed by atoms with Gasteiger partial charge in [-0.05, 0) is 45.7 Å². The lowest BCUT2D eigenvalue weighted by atomic mass is 9.99. The molecule has 0 aromatic carbocycles. The summed E-state index contributed by atoms with van der Waals surface area (Å²) in [7, 11) is 1.98. The number of carbonyl (C=O) groups is 1. The molecule has 0 aromatic rings. The Labute approximate surface area is 135 Å². The summed E-state index contributed by atoms with van der Waals surface area (Å²) in [6.07, 6.45) is 1.52. The lowest BCUT2D eigenvalue weighted by molar-refractivity contribution is -0.144. The third kappa shape index (κ3) is 4.21. The van der Waals surface area contributed by atoms with Crippen LogP contribution in [0.25, 0.3) is 0 Å². The van der Waals surface area contributed by atoms with E-state index in [0.717, 1.165) is 39.1 Å². The van der Waals surface area contributed by atoms with Gasteiger partial charge in [0.05, 0.1) is 18.2 Å². The molecule has 0 radical (unpaired) electrons. The van der Waals surface area contributed by atoms with Crippen molar-refractivity contribution in [3.8, 4) is 0 Å². The van der Waals surface area contributed by atoms with E-state index in [1.807, 2.05) is 7.05 Å². The van der Waals surface area contributed by atoms with Gasteiger partial charge in [-0.25, -0.2) is 0 Å². The Balaban J connectivity index is 2.03. The molecule has 22 heavy (non-hydrogen) atoms. The van der Waals surface area contributed by atoms with Gasteiger partial charge >= 0.3 is 0 Å². The molecule has 1 amide bonds. The molecule has 128 valence electrons. The molecule has 0 saturated carbocycles. The van der Waals surface area contributed by atoms with Crippen molar-refractivity contribution >= 4 is 5.91 Å². The fourth-order valence-corrected chi connectivity index (χ4v) is 3.98. The van der Waals surface area contributed by atoms with Crippen LogP contribution >= 0.6 is 0 Å². The van der Waals surface area contributed by atoms with Crippen LogP contribution in [0.4, 0.5) is 0 Å². The Hall–Kier alpha value is -0.650. The molecule has 2 aliphatic heterocycles. The van der Waals surface area contributed by atoms with Crippen molar-refractivity contribution in [1.29, 1.82) is 0 Å². The number of carbonyl (C=O) groups excluding carboxylic acids is 1. The monoisotopic (exact) mass is 311 g/mol. The number of hydrogen-bond donors (Lipinski definition) is 1. The Morgan fingerprint density at radius 1 is 1.23 bits per heavy atom. The maximum Gasteiger partial charge on any atom is 0.240 e. The fourth-order valence-electron chi connectivity index (χ4n) is 3.98. The van der Waals surface area contributed by atoms with E-state index in [1.54, 1.807) is 0 Å². The van der Waals surface area contributed by atoms with Gasteiger partial charge in [0.1, 0.15) is 0 Å². The molecule has 2 saturated heterocycles. The molecular formula is C17H33N3O2. The van der Waals surface area contributed by atoms with Crippen molar-refractivity contribution < 1.29 is 9.53 Å². The van der Waals surface area contributed by atoms with Crippen LogP contribution in [-0.4, -0.2) is 73.7 Å². The molecule has 2 aliphatic rings. The number of nitrogens with zero attached hydrogens (tertiary/aromatic N) is 2. The maximum absolute atomic E-state index is 13.1. The molecule has 2 heterocycles. The van der Waals surface area contributed by atoms with Crippen molar-refractivity contribution in [2.24, 2.45) is 11.8 Å². The van der Waals surface area contributed by atoms with Gasteiger partial charge in [-0.1, -0.05) is 13.8 Å². The highest BCUT2D eigenvalue weighted by molar-refractivity contribution is 5.82. The first-order valence-electron chi connectivity index (χ1n) is 8.75. The second kappa shape index (κ2) is 7.75. The topological polar surface area (TPSA) is 44.8 Å². The molecular weight excluding hydrogens is 278 g/mol. The van der Waals surface area contributed by atoms with Crippen LogP contribution in [0.2, 0.25) is 0 Å². The van der Waals surface area contributed by atoms with E-state index >= 15 is 0 Å². The lowest BCUT2D eigenvalue weighted by Gasteiger charge is -2.42. The number of likely N-dealkylation sites (tertiary alicyclic amines) is 1. The van der Waals surface area contributed by atoms with Crippen LogP contribution in [0.15, 0.2) is 0 Å². The molecule has 2 fully saturated rings. The van der Waals surface area contributed by atoms with E-state index in [-0.39, 0.29) is 18.2 Å². The van der Waals surface area contributed by atoms with E-state index in [9.17, 15) is 4.79 Å². The molecule has 2 rings (SSSR count). The van der Waals surface area contributed by atoms with Crippen molar-refractivity contribution in [1.82, 2.24) is 15.1 Å². The number of amides is 1. The fraction of sp³-hybridized carbons (Fsp3) is 0.941. The number of rotatable bonds is 5. The van der Waals surface area contributed by atoms with Gasteiger partial charge < -0.3 is 15.0 Å². The first kappa shape index (κ1) is 17.7. The average molecular weight is 311 g/mol. The van der Waals surface area contributed by atoms with Crippen LogP contribution in [0, 0.1) is 11.8 Å². The SMILES string of the molecule is CNCC1CCN(C(=O)C(C(C)C)N2CC(C)OC(C)C2)C1. The molecule has 5 heteroatoms. The number of ether oxygens (including phenoxy) is 1. The van der Waals surface area contributed by atoms with E-state index < -0.39 is 0 Å². The molecule has 4 unspecified atom stereocenters. The third-order valence-electron chi connectivity index (χ3n) is 4.82. The first-order chi connectivity index (χ1) is 10.4. The van der Waals surface area contributed by atoms with E-state index in [0.29, 0.717) is 17.7 Å². The summed E-state index contributed by atoms with van der Waals surface area (Å²) in [5.74, 6) is 1.24. The van der Waals surface area contributed by atoms with Gasteiger partial charge in [0.25, 0.3) is 0 Å². The van der Waals surface area contributed by atoms with Crippen molar-refractivity contribution in [2.45, 2.75) is 52.4 Å². The van der Waals surface area contributed by atoms with Gasteiger partial charge in [0, 0.05) is 26.2 Å². The smallest absolute Gasteiger partial charge is 0.240 e. The van der Waals surface area contributed by atoms with Crippen LogP contribution in [0.3, 0.4) is 0 Å². The summed E-state index contributed by atoms with van der Waals surface area (Å²) in [6.45, 7) is 13.0. The third-order valence-corrected chi connectivity index (χ3v) is 4.82. The van der Waals surface area contributed by atoms with Gasteiger partial charge in [-0.2, -0.15) is 0 Å². The highest BCUT2D eigenvalue weighted by Gasteiger charge is 2.38. The molecule has 0 bridgehead atoms. The number of morpholine rings is 1. The van der Waals surface area contributed by atoms with E-state index in [4.69, 9.17) is 4.74 Å². The maximum atomic E-state index is 13.1. The second-order valence-corrected chi connectivity index (χ2v) is 7.40. The zero-order valence-corrected chi connectivity index (χ0v) is 14.8. The van der Waals surface area contributed by atoms with Gasteiger partial charge in [-0.3, -0.25) is 9.69 Å². The number of nitrogens with one attached hydrogen (secondary N) is 1. The van der Waals surface area contributed by atoms with Crippen LogP contribution < -0.4 is 5.32 Å². The molecule has 0 spiro atoms. The normalized spacial score (nSPS) is 31.7. The summed E-state index contributed by atoms with van der Waals surface area (Å²) >= 11 is 0. The molecule has 5 nitrogen and oxygen atoms in total. The number of hydrogen-bond acceptors (Lipinski definition) is 4. The standard InChI is InChI=1S/C17H33N3O2/c1-12(2)16(20-9-13(3)22-14(4)10-20)17(21)19-7-6-15(11-19)8-18-5/h12-16,18H,6-11H2,1-5H3. The Morgan fingerprint density at radius 3 is 2.41 bits per heavy atom. The Morgan fingerprint density at radius 2 is 1.86 bits per heavy atom. The predicted octanol–water partition coefficient (Wildman–Crippen LogP) is 1.19. The minimum atomic E-state index is -0.0119. The van der Waals surface area contributed by atoms with Crippen LogP contribution in [0.1, 0.15) is 34.1 Å². The summed E-state index contributed by atoms with van der Waals surface area (Å²) in [6, 6.07) is -0.0119. The quantitative estimate of drug-likeness (QED) is 0.828. The van der Waals surface area contributed by atoms with Crippen molar-refractivity contribution in [2.75, 3.05) is 39.8 Å². The van der Waals surface area contributed by atoms with Crippen molar-refractivity contribution in [3.63, 3.8) is 0 Å². The second-order valence-electron chi connectivity index (χ2n) is 7.40.